The summed E-state index contributed by atoms with van der Waals surface area (Å²) in [5.74, 6) is -0.732. The topological polar surface area (TPSA) is 17.8 Å². The van der Waals surface area contributed by atoms with E-state index in [1.54, 1.807) is 20.8 Å². The van der Waals surface area contributed by atoms with Gasteiger partial charge in [-0.1, -0.05) is 38.4 Å². The van der Waals surface area contributed by atoms with Crippen LogP contribution in [0.3, 0.4) is 0 Å². The summed E-state index contributed by atoms with van der Waals surface area (Å²) in [7, 11) is 0. The standard InChI is InChI=1S/C14H13ClF4N2/c1-13(2,3)11-7-10(14(17,18)19)20-21(11)12-8(15)5-4-6-9(12)16/h4-7H,1-3H3. The lowest BCUT2D eigenvalue weighted by molar-refractivity contribution is -0.141. The lowest BCUT2D eigenvalue weighted by Crippen LogP contribution is -2.18. The Morgan fingerprint density at radius 2 is 1.76 bits per heavy atom. The predicted octanol–water partition coefficient (Wildman–Crippen LogP) is 4.98. The Labute approximate surface area is 124 Å². The van der Waals surface area contributed by atoms with Gasteiger partial charge in [0, 0.05) is 5.41 Å². The van der Waals surface area contributed by atoms with Gasteiger partial charge in [0.1, 0.15) is 11.5 Å². The second kappa shape index (κ2) is 5.02. The van der Waals surface area contributed by atoms with Gasteiger partial charge >= 0.3 is 6.18 Å². The van der Waals surface area contributed by atoms with Gasteiger partial charge in [-0.3, -0.25) is 0 Å². The van der Waals surface area contributed by atoms with Crippen LogP contribution < -0.4 is 0 Å². The van der Waals surface area contributed by atoms with E-state index in [-0.39, 0.29) is 16.4 Å². The minimum atomic E-state index is -4.61. The van der Waals surface area contributed by atoms with Crippen LogP contribution >= 0.6 is 11.6 Å². The van der Waals surface area contributed by atoms with Crippen LogP contribution in [0, 0.1) is 5.82 Å². The largest absolute Gasteiger partial charge is 0.435 e. The van der Waals surface area contributed by atoms with E-state index in [9.17, 15) is 17.6 Å². The molecule has 0 saturated carbocycles. The maximum atomic E-state index is 14.0. The van der Waals surface area contributed by atoms with Crippen LogP contribution in [0.5, 0.6) is 0 Å². The molecule has 0 bridgehead atoms. The highest BCUT2D eigenvalue weighted by Gasteiger charge is 2.37. The number of aromatic nitrogens is 2. The SMILES string of the molecule is CC(C)(C)c1cc(C(F)(F)F)nn1-c1c(F)cccc1Cl. The van der Waals surface area contributed by atoms with E-state index in [0.717, 1.165) is 16.8 Å². The van der Waals surface area contributed by atoms with Gasteiger partial charge in [-0.25, -0.2) is 9.07 Å². The van der Waals surface area contributed by atoms with Crippen LogP contribution in [0.25, 0.3) is 5.69 Å². The molecule has 1 aromatic heterocycles. The molecule has 0 fully saturated rings. The normalized spacial score (nSPS) is 12.8. The first-order valence-corrected chi connectivity index (χ1v) is 6.52. The molecule has 0 aliphatic heterocycles. The van der Waals surface area contributed by atoms with Gasteiger partial charge in [0.2, 0.25) is 0 Å². The fourth-order valence-corrected chi connectivity index (χ4v) is 2.16. The second-order valence-electron chi connectivity index (χ2n) is 5.64. The third-order valence-corrected chi connectivity index (χ3v) is 3.22. The minimum Gasteiger partial charge on any atom is -0.232 e. The van der Waals surface area contributed by atoms with Crippen LogP contribution in [-0.2, 0) is 11.6 Å². The quantitative estimate of drug-likeness (QED) is 0.677. The molecule has 0 spiro atoms. The Kier molecular flexibility index (Phi) is 3.78. The van der Waals surface area contributed by atoms with E-state index in [4.69, 9.17) is 11.6 Å². The molecule has 0 aliphatic rings. The Bertz CT molecular complexity index is 648. The molecule has 0 radical (unpaired) electrons. The molecule has 2 aromatic rings. The molecule has 7 heteroatoms. The van der Waals surface area contributed by atoms with Crippen LogP contribution in [0.2, 0.25) is 5.02 Å². The van der Waals surface area contributed by atoms with Gasteiger partial charge in [0.25, 0.3) is 0 Å². The average molecular weight is 321 g/mol. The Morgan fingerprint density at radius 3 is 2.24 bits per heavy atom. The highest BCUT2D eigenvalue weighted by molar-refractivity contribution is 6.32. The zero-order valence-corrected chi connectivity index (χ0v) is 12.3. The van der Waals surface area contributed by atoms with Crippen molar-refractivity contribution in [3.63, 3.8) is 0 Å². The van der Waals surface area contributed by atoms with E-state index in [2.05, 4.69) is 5.10 Å². The first-order chi connectivity index (χ1) is 9.51. The van der Waals surface area contributed by atoms with E-state index in [1.165, 1.54) is 12.1 Å². The third-order valence-electron chi connectivity index (χ3n) is 2.92. The summed E-state index contributed by atoms with van der Waals surface area (Å²) >= 11 is 5.93. The minimum absolute atomic E-state index is 0.00248. The summed E-state index contributed by atoms with van der Waals surface area (Å²) in [5.41, 5.74) is -1.70. The van der Waals surface area contributed by atoms with Gasteiger partial charge in [0.15, 0.2) is 5.69 Å². The number of para-hydroxylation sites is 1. The van der Waals surface area contributed by atoms with Crippen LogP contribution in [0.1, 0.15) is 32.2 Å². The lowest BCUT2D eigenvalue weighted by atomic mass is 9.91. The molecule has 2 nitrogen and oxygen atoms in total. The van der Waals surface area contributed by atoms with Crippen molar-refractivity contribution in [1.82, 2.24) is 9.78 Å². The summed E-state index contributed by atoms with van der Waals surface area (Å²) in [6.07, 6.45) is -4.61. The van der Waals surface area contributed by atoms with Crippen LogP contribution in [0.15, 0.2) is 24.3 Å². The fraction of sp³-hybridized carbons (Fsp3) is 0.357. The molecule has 114 valence electrons. The summed E-state index contributed by atoms with van der Waals surface area (Å²) in [4.78, 5) is 0. The summed E-state index contributed by atoms with van der Waals surface area (Å²) < 4.78 is 53.6. The maximum Gasteiger partial charge on any atom is 0.435 e. The van der Waals surface area contributed by atoms with E-state index < -0.39 is 23.1 Å². The lowest BCUT2D eigenvalue weighted by Gasteiger charge is -2.20. The first kappa shape index (κ1) is 15.8. The number of alkyl halides is 3. The first-order valence-electron chi connectivity index (χ1n) is 6.14. The number of halogens is 5. The molecule has 1 heterocycles. The summed E-state index contributed by atoms with van der Waals surface area (Å²) in [6, 6.07) is 4.83. The van der Waals surface area contributed by atoms with Gasteiger partial charge in [0.05, 0.1) is 10.7 Å². The Morgan fingerprint density at radius 1 is 1.14 bits per heavy atom. The molecule has 0 unspecified atom stereocenters. The molecule has 1 aromatic carbocycles. The molecule has 0 aliphatic carbocycles. The van der Waals surface area contributed by atoms with Crippen LogP contribution in [-0.4, -0.2) is 9.78 Å². The molecule has 21 heavy (non-hydrogen) atoms. The zero-order valence-electron chi connectivity index (χ0n) is 11.6. The molecular weight excluding hydrogens is 308 g/mol. The zero-order chi connectivity index (χ0) is 16.0. The Balaban J connectivity index is 2.76. The van der Waals surface area contributed by atoms with E-state index in [0.29, 0.717) is 0 Å². The van der Waals surface area contributed by atoms with Gasteiger partial charge in [-0.2, -0.15) is 18.3 Å². The number of hydrogen-bond acceptors (Lipinski definition) is 1. The number of hydrogen-bond donors (Lipinski definition) is 0. The molecule has 0 atom stereocenters. The average Bonchev–Trinajstić information content (AvgIpc) is 2.72. The van der Waals surface area contributed by atoms with Gasteiger partial charge in [-0.15, -0.1) is 0 Å². The predicted molar refractivity (Wildman–Crippen MR) is 72.2 cm³/mol. The molecule has 0 N–H and O–H groups in total. The van der Waals surface area contributed by atoms with Crippen molar-refractivity contribution in [2.75, 3.05) is 0 Å². The summed E-state index contributed by atoms with van der Waals surface area (Å²) in [5, 5.41) is 3.50. The maximum absolute atomic E-state index is 14.0. The monoisotopic (exact) mass is 320 g/mol. The van der Waals surface area contributed by atoms with E-state index in [1.807, 2.05) is 0 Å². The van der Waals surface area contributed by atoms with Crippen molar-refractivity contribution in [3.8, 4) is 5.69 Å². The third kappa shape index (κ3) is 3.05. The van der Waals surface area contributed by atoms with E-state index >= 15 is 0 Å². The van der Waals surface area contributed by atoms with Crippen molar-refractivity contribution in [2.45, 2.75) is 32.4 Å². The van der Waals surface area contributed by atoms with Crippen molar-refractivity contribution in [3.05, 3.63) is 46.5 Å². The van der Waals surface area contributed by atoms with Crippen molar-refractivity contribution in [2.24, 2.45) is 0 Å². The Hall–Kier alpha value is -1.56. The molecule has 2 rings (SSSR count). The van der Waals surface area contributed by atoms with Crippen LogP contribution in [0.4, 0.5) is 17.6 Å². The van der Waals surface area contributed by atoms with Crippen molar-refractivity contribution < 1.29 is 17.6 Å². The number of nitrogens with zero attached hydrogens (tertiary/aromatic N) is 2. The second-order valence-corrected chi connectivity index (χ2v) is 6.05. The van der Waals surface area contributed by atoms with Gasteiger partial charge < -0.3 is 0 Å². The number of rotatable bonds is 1. The number of benzene rings is 1. The molecule has 0 amide bonds. The van der Waals surface area contributed by atoms with Crippen molar-refractivity contribution >= 4 is 11.6 Å². The highest BCUT2D eigenvalue weighted by atomic mass is 35.5. The van der Waals surface area contributed by atoms with Crippen molar-refractivity contribution in [1.29, 1.82) is 0 Å². The molecular formula is C14H13ClF4N2. The van der Waals surface area contributed by atoms with Gasteiger partial charge in [-0.05, 0) is 18.2 Å². The summed E-state index contributed by atoms with van der Waals surface area (Å²) in [6.45, 7) is 5.15. The fourth-order valence-electron chi connectivity index (χ4n) is 1.92. The smallest absolute Gasteiger partial charge is 0.232 e. The molecule has 0 saturated heterocycles. The highest BCUT2D eigenvalue weighted by Crippen LogP contribution is 2.35.